The van der Waals surface area contributed by atoms with E-state index in [-0.39, 0.29) is 6.42 Å². The fraction of sp³-hybridized carbons (Fsp3) is 0.800. The molecule has 8 nitrogen and oxygen atoms in total. The van der Waals surface area contributed by atoms with Crippen molar-refractivity contribution in [2.24, 2.45) is 5.92 Å². The Labute approximate surface area is 102 Å². The minimum Gasteiger partial charge on any atom is -0.481 e. The number of carbonyl (C=O) groups is 2. The number of carbonyl (C=O) groups excluding carboxylic acids is 1. The van der Waals surface area contributed by atoms with Gasteiger partial charge in [0.25, 0.3) is 0 Å². The lowest BCUT2D eigenvalue weighted by atomic mass is 9.88. The molecule has 2 saturated heterocycles. The summed E-state index contributed by atoms with van der Waals surface area (Å²) in [6.07, 6.45) is -4.58. The Morgan fingerprint density at radius 2 is 1.83 bits per heavy atom. The van der Waals surface area contributed by atoms with Crippen molar-refractivity contribution in [3.8, 4) is 0 Å². The third kappa shape index (κ3) is 1.69. The molecule has 0 aromatic heterocycles. The summed E-state index contributed by atoms with van der Waals surface area (Å²) >= 11 is 0. The molecule has 1 amide bonds. The van der Waals surface area contributed by atoms with Crippen molar-refractivity contribution < 1.29 is 35.1 Å². The molecule has 0 spiro atoms. The van der Waals surface area contributed by atoms with E-state index >= 15 is 0 Å². The van der Waals surface area contributed by atoms with Crippen molar-refractivity contribution in [3.63, 3.8) is 0 Å². The minimum atomic E-state index is -1.51. The lowest BCUT2D eigenvalue weighted by Crippen LogP contribution is -2.66. The van der Waals surface area contributed by atoms with Crippen LogP contribution in [0.3, 0.4) is 0 Å². The number of aliphatic hydroxyl groups is 4. The van der Waals surface area contributed by atoms with Gasteiger partial charge in [-0.25, -0.2) is 0 Å². The second-order valence-electron chi connectivity index (χ2n) is 4.66. The van der Waals surface area contributed by atoms with Gasteiger partial charge in [-0.2, -0.15) is 0 Å². The summed E-state index contributed by atoms with van der Waals surface area (Å²) in [7, 11) is 0. The molecule has 0 saturated carbocycles. The second-order valence-corrected chi connectivity index (χ2v) is 4.66. The molecule has 8 heteroatoms. The molecular formula is C10H15NO7. The lowest BCUT2D eigenvalue weighted by Gasteiger charge is -2.45. The Balaban J connectivity index is 2.34. The zero-order valence-electron chi connectivity index (χ0n) is 9.38. The normalized spacial score (nSPS) is 44.0. The van der Waals surface area contributed by atoms with Crippen LogP contribution in [0, 0.1) is 5.92 Å². The summed E-state index contributed by atoms with van der Waals surface area (Å²) in [6, 6.07) is -1.99. The molecule has 18 heavy (non-hydrogen) atoms. The molecule has 5 N–H and O–H groups in total. The zero-order valence-corrected chi connectivity index (χ0v) is 9.38. The highest BCUT2D eigenvalue weighted by Crippen LogP contribution is 2.35. The van der Waals surface area contributed by atoms with Crippen molar-refractivity contribution in [1.82, 2.24) is 4.90 Å². The van der Waals surface area contributed by atoms with Gasteiger partial charge in [0.2, 0.25) is 5.91 Å². The maximum absolute atomic E-state index is 11.9. The average molecular weight is 261 g/mol. The van der Waals surface area contributed by atoms with E-state index in [0.717, 1.165) is 4.90 Å². The van der Waals surface area contributed by atoms with Gasteiger partial charge >= 0.3 is 5.97 Å². The van der Waals surface area contributed by atoms with Crippen LogP contribution in [0.2, 0.25) is 0 Å². The number of nitrogens with zero attached hydrogens (tertiary/aromatic N) is 1. The first kappa shape index (κ1) is 13.2. The number of piperidine rings is 1. The second kappa shape index (κ2) is 4.47. The molecule has 0 aromatic rings. The zero-order chi connectivity index (χ0) is 13.6. The van der Waals surface area contributed by atoms with Crippen molar-refractivity contribution in [2.75, 3.05) is 6.61 Å². The number of amides is 1. The maximum Gasteiger partial charge on any atom is 0.316 e. The molecule has 6 atom stereocenters. The molecule has 0 bridgehead atoms. The summed E-state index contributed by atoms with van der Waals surface area (Å²) in [4.78, 5) is 23.8. The van der Waals surface area contributed by atoms with Crippen molar-refractivity contribution in [1.29, 1.82) is 0 Å². The lowest BCUT2D eigenvalue weighted by molar-refractivity contribution is -0.174. The highest BCUT2D eigenvalue weighted by molar-refractivity contribution is 5.99. The number of hydrogen-bond donors (Lipinski definition) is 5. The minimum absolute atomic E-state index is 0.143. The predicted octanol–water partition coefficient (Wildman–Crippen LogP) is -3.25. The van der Waals surface area contributed by atoms with Crippen molar-refractivity contribution >= 4 is 11.9 Å². The summed E-state index contributed by atoms with van der Waals surface area (Å²) in [5.74, 6) is -3.38. The Hall–Kier alpha value is -1.22. The molecule has 2 heterocycles. The first-order valence-corrected chi connectivity index (χ1v) is 5.60. The van der Waals surface area contributed by atoms with Crippen LogP contribution < -0.4 is 0 Å². The van der Waals surface area contributed by atoms with E-state index in [0.29, 0.717) is 0 Å². The Kier molecular flexibility index (Phi) is 3.28. The Bertz CT molecular complexity index is 373. The molecule has 0 aliphatic carbocycles. The van der Waals surface area contributed by atoms with E-state index in [2.05, 4.69) is 0 Å². The Morgan fingerprint density at radius 3 is 2.33 bits per heavy atom. The summed E-state index contributed by atoms with van der Waals surface area (Å²) < 4.78 is 0. The third-order valence-electron chi connectivity index (χ3n) is 3.72. The summed E-state index contributed by atoms with van der Waals surface area (Å²) in [5, 5.41) is 47.1. The molecule has 2 aliphatic heterocycles. The highest BCUT2D eigenvalue weighted by atomic mass is 16.4. The number of carboxylic acids is 1. The van der Waals surface area contributed by atoms with E-state index in [1.54, 1.807) is 0 Å². The predicted molar refractivity (Wildman–Crippen MR) is 55.3 cm³/mol. The smallest absolute Gasteiger partial charge is 0.316 e. The van der Waals surface area contributed by atoms with Gasteiger partial charge < -0.3 is 30.4 Å². The molecule has 0 aromatic carbocycles. The first-order chi connectivity index (χ1) is 8.40. The van der Waals surface area contributed by atoms with E-state index in [4.69, 9.17) is 10.2 Å². The fourth-order valence-electron chi connectivity index (χ4n) is 2.74. The van der Waals surface area contributed by atoms with Gasteiger partial charge in [-0.05, 0) is 6.42 Å². The van der Waals surface area contributed by atoms with Gasteiger partial charge in [-0.15, -0.1) is 0 Å². The Morgan fingerprint density at radius 1 is 1.22 bits per heavy atom. The maximum atomic E-state index is 11.9. The van der Waals surface area contributed by atoms with Gasteiger partial charge in [-0.3, -0.25) is 9.59 Å². The summed E-state index contributed by atoms with van der Waals surface area (Å²) in [5.41, 5.74) is 0. The van der Waals surface area contributed by atoms with Crippen LogP contribution in [-0.4, -0.2) is 79.3 Å². The van der Waals surface area contributed by atoms with Gasteiger partial charge in [0.1, 0.15) is 24.2 Å². The SMILES string of the molecule is O=C(O)C1CC2C(O)C(O)C(O)C(CO)N2C1=O. The van der Waals surface area contributed by atoms with Crippen LogP contribution in [0.1, 0.15) is 6.42 Å². The van der Waals surface area contributed by atoms with Crippen LogP contribution in [-0.2, 0) is 9.59 Å². The molecule has 0 radical (unpaired) electrons. The van der Waals surface area contributed by atoms with Gasteiger partial charge in [0.05, 0.1) is 18.7 Å². The third-order valence-corrected chi connectivity index (χ3v) is 3.72. The number of rotatable bonds is 2. The quantitative estimate of drug-likeness (QED) is 0.329. The number of carboxylic acid groups (broad SMARTS) is 1. The highest BCUT2D eigenvalue weighted by Gasteiger charge is 2.56. The molecule has 6 unspecified atom stereocenters. The average Bonchev–Trinajstić information content (AvgIpc) is 2.66. The monoisotopic (exact) mass is 261 g/mol. The van der Waals surface area contributed by atoms with Gasteiger partial charge in [-0.1, -0.05) is 0 Å². The van der Waals surface area contributed by atoms with Crippen LogP contribution in [0.5, 0.6) is 0 Å². The fourth-order valence-corrected chi connectivity index (χ4v) is 2.74. The molecule has 2 aliphatic rings. The van der Waals surface area contributed by atoms with E-state index in [9.17, 15) is 24.9 Å². The van der Waals surface area contributed by atoms with E-state index < -0.39 is 54.8 Å². The topological polar surface area (TPSA) is 139 Å². The van der Waals surface area contributed by atoms with Gasteiger partial charge in [0.15, 0.2) is 0 Å². The first-order valence-electron chi connectivity index (χ1n) is 5.60. The molecular weight excluding hydrogens is 246 g/mol. The van der Waals surface area contributed by atoms with Crippen LogP contribution in [0.4, 0.5) is 0 Å². The summed E-state index contributed by atoms with van der Waals surface area (Å²) in [6.45, 7) is -0.612. The van der Waals surface area contributed by atoms with Crippen molar-refractivity contribution in [2.45, 2.75) is 36.8 Å². The van der Waals surface area contributed by atoms with E-state index in [1.807, 2.05) is 0 Å². The number of aliphatic hydroxyl groups excluding tert-OH is 4. The number of aliphatic carboxylic acids is 1. The van der Waals surface area contributed by atoms with Crippen LogP contribution >= 0.6 is 0 Å². The largest absolute Gasteiger partial charge is 0.481 e. The standard InChI is InChI=1S/C10H15NO7/c12-2-5-7(14)8(15)6(13)4-1-3(10(17)18)9(16)11(4)5/h3-8,12-15H,1-2H2,(H,17,18). The van der Waals surface area contributed by atoms with Gasteiger partial charge in [0, 0.05) is 0 Å². The van der Waals surface area contributed by atoms with E-state index in [1.165, 1.54) is 0 Å². The van der Waals surface area contributed by atoms with Crippen LogP contribution in [0.15, 0.2) is 0 Å². The van der Waals surface area contributed by atoms with Crippen molar-refractivity contribution in [3.05, 3.63) is 0 Å². The molecule has 102 valence electrons. The molecule has 2 fully saturated rings. The number of hydrogen-bond acceptors (Lipinski definition) is 6. The number of fused-ring (bicyclic) bond motifs is 1. The molecule has 2 rings (SSSR count). The van der Waals surface area contributed by atoms with Crippen LogP contribution in [0.25, 0.3) is 0 Å².